The SMILES string of the molecule is CC(C)(C)CC[C@H](O)c1cc(C(F)(F)F)cnc1C1CCCC1. The van der Waals surface area contributed by atoms with Crippen LogP contribution in [0.4, 0.5) is 13.2 Å². The van der Waals surface area contributed by atoms with Gasteiger partial charge in [-0.15, -0.1) is 0 Å². The van der Waals surface area contributed by atoms with E-state index in [1.807, 2.05) is 0 Å². The Hall–Kier alpha value is -1.10. The molecule has 2 nitrogen and oxygen atoms in total. The van der Waals surface area contributed by atoms with Crippen LogP contribution in [0.25, 0.3) is 0 Å². The summed E-state index contributed by atoms with van der Waals surface area (Å²) < 4.78 is 39.0. The molecule has 0 aliphatic heterocycles. The Bertz CT molecular complexity index is 528. The molecular weight excluding hydrogens is 303 g/mol. The number of hydrogen-bond donors (Lipinski definition) is 1. The quantitative estimate of drug-likeness (QED) is 0.778. The predicted octanol–water partition coefficient (Wildman–Crippen LogP) is 5.62. The molecule has 0 aromatic carbocycles. The zero-order chi connectivity index (χ0) is 17.3. The van der Waals surface area contributed by atoms with Gasteiger partial charge in [0.25, 0.3) is 0 Å². The zero-order valence-corrected chi connectivity index (χ0v) is 14.1. The molecule has 0 spiro atoms. The van der Waals surface area contributed by atoms with Gasteiger partial charge < -0.3 is 5.11 Å². The van der Waals surface area contributed by atoms with Crippen molar-refractivity contribution in [1.82, 2.24) is 4.98 Å². The standard InChI is InChI=1S/C18H26F3NO/c1-17(2,3)9-8-15(23)14-10-13(18(19,20)21)11-22-16(14)12-6-4-5-7-12/h10-12,15,23H,4-9H2,1-3H3/t15-/m0/s1. The molecule has 1 aromatic rings. The van der Waals surface area contributed by atoms with Crippen molar-refractivity contribution in [2.24, 2.45) is 5.41 Å². The fraction of sp³-hybridized carbons (Fsp3) is 0.722. The van der Waals surface area contributed by atoms with Crippen LogP contribution in [0.1, 0.15) is 88.1 Å². The van der Waals surface area contributed by atoms with Gasteiger partial charge in [0.15, 0.2) is 0 Å². The number of aliphatic hydroxyl groups excluding tert-OH is 1. The van der Waals surface area contributed by atoms with Gasteiger partial charge in [0.2, 0.25) is 0 Å². The van der Waals surface area contributed by atoms with Crippen molar-refractivity contribution in [3.8, 4) is 0 Å². The summed E-state index contributed by atoms with van der Waals surface area (Å²) in [5.74, 6) is 0.177. The van der Waals surface area contributed by atoms with Crippen molar-refractivity contribution in [2.75, 3.05) is 0 Å². The summed E-state index contributed by atoms with van der Waals surface area (Å²) >= 11 is 0. The number of halogens is 3. The minimum absolute atomic E-state index is 0.0313. The molecule has 1 aliphatic carbocycles. The molecule has 1 fully saturated rings. The third-order valence-electron chi connectivity index (χ3n) is 4.55. The summed E-state index contributed by atoms with van der Waals surface area (Å²) in [7, 11) is 0. The number of nitrogens with zero attached hydrogens (tertiary/aromatic N) is 1. The Morgan fingerprint density at radius 2 is 1.83 bits per heavy atom. The molecule has 2 rings (SSSR count). The van der Waals surface area contributed by atoms with Crippen molar-refractivity contribution < 1.29 is 18.3 Å². The van der Waals surface area contributed by atoms with E-state index in [0.717, 1.165) is 44.4 Å². The number of rotatable bonds is 4. The highest BCUT2D eigenvalue weighted by Gasteiger charge is 2.34. The van der Waals surface area contributed by atoms with Gasteiger partial charge in [0.1, 0.15) is 0 Å². The molecule has 0 saturated heterocycles. The number of aromatic nitrogens is 1. The first-order valence-corrected chi connectivity index (χ1v) is 8.33. The van der Waals surface area contributed by atoms with E-state index in [1.165, 1.54) is 0 Å². The van der Waals surface area contributed by atoms with Crippen LogP contribution >= 0.6 is 0 Å². The normalized spacial score (nSPS) is 18.4. The average Bonchev–Trinajstić information content (AvgIpc) is 2.96. The van der Waals surface area contributed by atoms with Gasteiger partial charge in [-0.2, -0.15) is 13.2 Å². The third-order valence-corrected chi connectivity index (χ3v) is 4.55. The minimum atomic E-state index is -4.43. The van der Waals surface area contributed by atoms with Crippen LogP contribution < -0.4 is 0 Å². The van der Waals surface area contributed by atoms with Gasteiger partial charge >= 0.3 is 6.18 Å². The first-order valence-electron chi connectivity index (χ1n) is 8.33. The lowest BCUT2D eigenvalue weighted by Crippen LogP contribution is -2.14. The number of alkyl halides is 3. The molecule has 1 N–H and O–H groups in total. The molecule has 130 valence electrons. The van der Waals surface area contributed by atoms with Gasteiger partial charge in [0, 0.05) is 23.4 Å². The van der Waals surface area contributed by atoms with Gasteiger partial charge in [-0.1, -0.05) is 33.6 Å². The van der Waals surface area contributed by atoms with Crippen molar-refractivity contribution in [3.63, 3.8) is 0 Å². The second kappa shape index (κ2) is 6.80. The molecule has 1 aromatic heterocycles. The van der Waals surface area contributed by atoms with E-state index in [9.17, 15) is 18.3 Å². The van der Waals surface area contributed by atoms with E-state index in [4.69, 9.17) is 0 Å². The molecule has 0 unspecified atom stereocenters. The highest BCUT2D eigenvalue weighted by Crippen LogP contribution is 2.40. The zero-order valence-electron chi connectivity index (χ0n) is 14.1. The van der Waals surface area contributed by atoms with Gasteiger partial charge in [-0.05, 0) is 37.2 Å². The Morgan fingerprint density at radius 1 is 1.22 bits per heavy atom. The first-order chi connectivity index (χ1) is 10.6. The van der Waals surface area contributed by atoms with E-state index in [2.05, 4.69) is 25.8 Å². The molecule has 1 atom stereocenters. The summed E-state index contributed by atoms with van der Waals surface area (Å²) in [5, 5.41) is 10.5. The predicted molar refractivity (Wildman–Crippen MR) is 84.1 cm³/mol. The highest BCUT2D eigenvalue weighted by molar-refractivity contribution is 5.31. The van der Waals surface area contributed by atoms with E-state index in [0.29, 0.717) is 17.7 Å². The lowest BCUT2D eigenvalue weighted by Gasteiger charge is -2.23. The molecule has 5 heteroatoms. The van der Waals surface area contributed by atoms with Crippen molar-refractivity contribution in [2.45, 2.75) is 77.5 Å². The van der Waals surface area contributed by atoms with Crippen LogP contribution in [0.3, 0.4) is 0 Å². The molecule has 0 amide bonds. The second-order valence-corrected chi connectivity index (χ2v) is 7.79. The lowest BCUT2D eigenvalue weighted by atomic mass is 9.86. The molecule has 1 heterocycles. The van der Waals surface area contributed by atoms with Crippen LogP contribution in [0.5, 0.6) is 0 Å². The third kappa shape index (κ3) is 4.93. The van der Waals surface area contributed by atoms with Crippen LogP contribution in [0.15, 0.2) is 12.3 Å². The molecule has 23 heavy (non-hydrogen) atoms. The van der Waals surface area contributed by atoms with Gasteiger partial charge in [0.05, 0.1) is 11.7 Å². The molecule has 1 saturated carbocycles. The number of aliphatic hydroxyl groups is 1. The van der Waals surface area contributed by atoms with Crippen LogP contribution in [0.2, 0.25) is 0 Å². The van der Waals surface area contributed by atoms with E-state index < -0.39 is 17.8 Å². The van der Waals surface area contributed by atoms with Gasteiger partial charge in [-0.3, -0.25) is 4.98 Å². The number of pyridine rings is 1. The second-order valence-electron chi connectivity index (χ2n) is 7.79. The number of hydrogen-bond acceptors (Lipinski definition) is 2. The Morgan fingerprint density at radius 3 is 2.35 bits per heavy atom. The summed E-state index contributed by atoms with van der Waals surface area (Å²) in [6, 6.07) is 1.11. The molecule has 0 radical (unpaired) electrons. The Balaban J connectivity index is 2.31. The first kappa shape index (κ1) is 18.2. The summed E-state index contributed by atoms with van der Waals surface area (Å²) in [6.45, 7) is 6.17. The summed E-state index contributed by atoms with van der Waals surface area (Å²) in [5.41, 5.74) is 0.292. The fourth-order valence-corrected chi connectivity index (χ4v) is 3.18. The maximum Gasteiger partial charge on any atom is 0.417 e. The smallest absolute Gasteiger partial charge is 0.388 e. The maximum atomic E-state index is 13.0. The van der Waals surface area contributed by atoms with Crippen LogP contribution in [-0.4, -0.2) is 10.1 Å². The monoisotopic (exact) mass is 329 g/mol. The van der Waals surface area contributed by atoms with E-state index in [-0.39, 0.29) is 11.3 Å². The van der Waals surface area contributed by atoms with Crippen LogP contribution in [-0.2, 0) is 6.18 Å². The average molecular weight is 329 g/mol. The van der Waals surface area contributed by atoms with Crippen molar-refractivity contribution >= 4 is 0 Å². The van der Waals surface area contributed by atoms with E-state index in [1.54, 1.807) is 0 Å². The lowest BCUT2D eigenvalue weighted by molar-refractivity contribution is -0.138. The van der Waals surface area contributed by atoms with Crippen LogP contribution in [0, 0.1) is 5.41 Å². The molecular formula is C18H26F3NO. The van der Waals surface area contributed by atoms with Gasteiger partial charge in [-0.25, -0.2) is 0 Å². The highest BCUT2D eigenvalue weighted by atomic mass is 19.4. The largest absolute Gasteiger partial charge is 0.417 e. The summed E-state index contributed by atoms with van der Waals surface area (Å²) in [4.78, 5) is 4.11. The fourth-order valence-electron chi connectivity index (χ4n) is 3.18. The molecule has 0 bridgehead atoms. The Kier molecular flexibility index (Phi) is 5.39. The van der Waals surface area contributed by atoms with Crippen molar-refractivity contribution in [3.05, 3.63) is 29.1 Å². The molecule has 1 aliphatic rings. The summed E-state index contributed by atoms with van der Waals surface area (Å²) in [6.07, 6.45) is 0.818. The van der Waals surface area contributed by atoms with E-state index >= 15 is 0 Å². The minimum Gasteiger partial charge on any atom is -0.388 e. The Labute approximate surface area is 136 Å². The topological polar surface area (TPSA) is 33.1 Å². The van der Waals surface area contributed by atoms with Crippen molar-refractivity contribution in [1.29, 1.82) is 0 Å². The maximum absolute atomic E-state index is 13.0.